The number of hydrogen-bond donors (Lipinski definition) is 0. The van der Waals surface area contributed by atoms with Gasteiger partial charge in [-0.1, -0.05) is 57.9 Å². The first-order chi connectivity index (χ1) is 14.9. The Labute approximate surface area is 182 Å². The second-order valence-corrected chi connectivity index (χ2v) is 6.60. The quantitative estimate of drug-likeness (QED) is 0.346. The Kier molecular flexibility index (Phi) is 8.75. The number of nitrogens with zero attached hydrogens (tertiary/aromatic N) is 3. The van der Waals surface area contributed by atoms with Crippen LogP contribution in [0.3, 0.4) is 0 Å². The van der Waals surface area contributed by atoms with Gasteiger partial charge in [-0.3, -0.25) is 0 Å². The van der Waals surface area contributed by atoms with E-state index in [4.69, 9.17) is 19.2 Å². The van der Waals surface area contributed by atoms with Crippen molar-refractivity contribution in [3.05, 3.63) is 70.3 Å². The van der Waals surface area contributed by atoms with Gasteiger partial charge in [0.15, 0.2) is 5.71 Å². The summed E-state index contributed by atoms with van der Waals surface area (Å²) < 4.78 is 4.82. The summed E-state index contributed by atoms with van der Waals surface area (Å²) in [5.41, 5.74) is 5.69. The number of carbonyl (C=O) groups is 1. The Morgan fingerprint density at radius 2 is 1.42 bits per heavy atom. The Hall–Kier alpha value is -3.68. The predicted molar refractivity (Wildman–Crippen MR) is 119 cm³/mol. The van der Waals surface area contributed by atoms with E-state index in [1.54, 1.807) is 6.07 Å². The molecule has 0 aliphatic heterocycles. The van der Waals surface area contributed by atoms with Gasteiger partial charge in [0.25, 0.3) is 0 Å². The molecule has 0 unspecified atom stereocenters. The molecule has 0 aliphatic rings. The zero-order valence-corrected chi connectivity index (χ0v) is 18.6. The van der Waals surface area contributed by atoms with E-state index in [0.29, 0.717) is 11.3 Å². The van der Waals surface area contributed by atoms with Crippen LogP contribution < -0.4 is 0 Å². The lowest BCUT2D eigenvalue weighted by atomic mass is 9.99. The minimum absolute atomic E-state index is 0.0664. The molecule has 0 atom stereocenters. The van der Waals surface area contributed by atoms with Crippen molar-refractivity contribution in [2.75, 3.05) is 21.3 Å². The molecule has 0 heterocycles. The lowest BCUT2D eigenvalue weighted by Gasteiger charge is -2.12. The maximum atomic E-state index is 12.1. The van der Waals surface area contributed by atoms with Crippen LogP contribution in [0.4, 0.5) is 0 Å². The van der Waals surface area contributed by atoms with Gasteiger partial charge in [-0.25, -0.2) is 4.79 Å². The molecule has 0 spiro atoms. The summed E-state index contributed by atoms with van der Waals surface area (Å²) in [6, 6.07) is 13.3. The normalized spacial score (nSPS) is 12.4. The summed E-state index contributed by atoms with van der Waals surface area (Å²) >= 11 is 0. The third-order valence-corrected chi connectivity index (χ3v) is 4.59. The van der Waals surface area contributed by atoms with Gasteiger partial charge in [-0.05, 0) is 37.5 Å². The van der Waals surface area contributed by atoms with E-state index in [2.05, 4.69) is 15.5 Å². The molecule has 0 N–H and O–H groups in total. The van der Waals surface area contributed by atoms with Gasteiger partial charge in [-0.15, -0.1) is 0 Å². The summed E-state index contributed by atoms with van der Waals surface area (Å²) in [5, 5.41) is 12.0. The van der Waals surface area contributed by atoms with Crippen LogP contribution in [0.1, 0.15) is 41.7 Å². The van der Waals surface area contributed by atoms with Crippen molar-refractivity contribution < 1.29 is 24.0 Å². The molecule has 0 bridgehead atoms. The van der Waals surface area contributed by atoms with Crippen LogP contribution in [0.2, 0.25) is 0 Å². The monoisotopic (exact) mass is 425 g/mol. The summed E-state index contributed by atoms with van der Waals surface area (Å²) in [4.78, 5) is 27.4. The van der Waals surface area contributed by atoms with Crippen molar-refractivity contribution in [3.8, 4) is 0 Å². The van der Waals surface area contributed by atoms with Crippen LogP contribution in [-0.4, -0.2) is 44.4 Å². The molecule has 2 aromatic rings. The highest BCUT2D eigenvalue weighted by Crippen LogP contribution is 2.18. The number of benzene rings is 2. The molecular weight excluding hydrogens is 398 g/mol. The fourth-order valence-electron chi connectivity index (χ4n) is 2.89. The number of rotatable bonds is 9. The Morgan fingerprint density at radius 3 is 1.97 bits per heavy atom. The summed E-state index contributed by atoms with van der Waals surface area (Å²) in [6.45, 7) is 5.80. The minimum Gasteiger partial charge on any atom is -0.464 e. The summed E-state index contributed by atoms with van der Waals surface area (Å²) in [5.74, 6) is -0.597. The van der Waals surface area contributed by atoms with Crippen molar-refractivity contribution >= 4 is 23.1 Å². The zero-order chi connectivity index (χ0) is 22.8. The van der Waals surface area contributed by atoms with E-state index in [1.807, 2.05) is 57.2 Å². The number of aryl methyl sites for hydroxylation is 1. The van der Waals surface area contributed by atoms with E-state index in [1.165, 1.54) is 21.3 Å². The van der Waals surface area contributed by atoms with Crippen LogP contribution in [0.25, 0.3) is 0 Å². The molecular formula is C23H27N3O5. The number of oxime groups is 3. The van der Waals surface area contributed by atoms with Gasteiger partial charge in [-0.2, -0.15) is 0 Å². The van der Waals surface area contributed by atoms with Crippen LogP contribution in [0.15, 0.2) is 57.9 Å². The molecule has 0 saturated carbocycles. The number of esters is 1. The minimum atomic E-state index is -0.597. The van der Waals surface area contributed by atoms with Gasteiger partial charge in [0, 0.05) is 11.1 Å². The van der Waals surface area contributed by atoms with Crippen molar-refractivity contribution in [1.82, 2.24) is 0 Å². The van der Waals surface area contributed by atoms with Gasteiger partial charge >= 0.3 is 5.97 Å². The first-order valence-corrected chi connectivity index (χ1v) is 9.56. The predicted octanol–water partition coefficient (Wildman–Crippen LogP) is 3.83. The molecule has 0 aliphatic carbocycles. The second-order valence-electron chi connectivity index (χ2n) is 6.60. The largest absolute Gasteiger partial charge is 0.464 e. The van der Waals surface area contributed by atoms with Crippen molar-refractivity contribution in [2.45, 2.75) is 27.4 Å². The van der Waals surface area contributed by atoms with E-state index in [-0.39, 0.29) is 12.3 Å². The van der Waals surface area contributed by atoms with Crippen molar-refractivity contribution in [3.63, 3.8) is 0 Å². The van der Waals surface area contributed by atoms with Crippen LogP contribution in [0, 0.1) is 6.92 Å². The topological polar surface area (TPSA) is 91.1 Å². The highest BCUT2D eigenvalue weighted by atomic mass is 16.6. The molecule has 8 nitrogen and oxygen atoms in total. The standard InChI is InChI=1S/C23H27N3O5/c1-15-8-7-9-20(22(26-30-6)23(27)28-4)21(15)14-31-25-17(3)19-12-10-18(11-13-19)16(2)24-29-5/h7-13H,14H2,1-6H3/b24-16+,25-17+,26-22+. The number of methoxy groups -OCH3 is 1. The number of carbonyl (C=O) groups excluding carboxylic acids is 1. The average Bonchev–Trinajstić information content (AvgIpc) is 2.78. The van der Waals surface area contributed by atoms with Crippen molar-refractivity contribution in [2.24, 2.45) is 15.5 Å². The molecule has 31 heavy (non-hydrogen) atoms. The van der Waals surface area contributed by atoms with E-state index >= 15 is 0 Å². The number of ether oxygens (including phenoxy) is 1. The van der Waals surface area contributed by atoms with Crippen LogP contribution >= 0.6 is 0 Å². The highest BCUT2D eigenvalue weighted by molar-refractivity contribution is 6.43. The molecule has 0 amide bonds. The Bertz CT molecular complexity index is 995. The first kappa shape index (κ1) is 23.6. The number of hydrogen-bond acceptors (Lipinski definition) is 8. The van der Waals surface area contributed by atoms with Gasteiger partial charge < -0.3 is 19.2 Å². The van der Waals surface area contributed by atoms with Crippen LogP contribution in [0.5, 0.6) is 0 Å². The molecule has 2 aromatic carbocycles. The Morgan fingerprint density at radius 1 is 0.839 bits per heavy atom. The SMILES string of the molecule is CO/N=C(\C)c1ccc(/C(C)=N/OCc2c(C)cccc2/C(=N\OC)C(=O)OC)cc1. The molecule has 0 aromatic heterocycles. The molecule has 164 valence electrons. The third kappa shape index (κ3) is 6.15. The summed E-state index contributed by atoms with van der Waals surface area (Å²) in [7, 11) is 4.18. The average molecular weight is 425 g/mol. The van der Waals surface area contributed by atoms with Gasteiger partial charge in [0.2, 0.25) is 0 Å². The molecule has 0 radical (unpaired) electrons. The smallest absolute Gasteiger partial charge is 0.360 e. The van der Waals surface area contributed by atoms with E-state index in [9.17, 15) is 4.79 Å². The zero-order valence-electron chi connectivity index (χ0n) is 18.6. The van der Waals surface area contributed by atoms with Crippen molar-refractivity contribution in [1.29, 1.82) is 0 Å². The van der Waals surface area contributed by atoms with E-state index in [0.717, 1.165) is 28.0 Å². The highest BCUT2D eigenvalue weighted by Gasteiger charge is 2.20. The first-order valence-electron chi connectivity index (χ1n) is 9.56. The molecule has 8 heteroatoms. The molecule has 0 saturated heterocycles. The fourth-order valence-corrected chi connectivity index (χ4v) is 2.89. The Balaban J connectivity index is 2.21. The van der Waals surface area contributed by atoms with Gasteiger partial charge in [0.05, 0.1) is 18.5 Å². The fraction of sp³-hybridized carbons (Fsp3) is 0.304. The van der Waals surface area contributed by atoms with E-state index < -0.39 is 5.97 Å². The summed E-state index contributed by atoms with van der Waals surface area (Å²) in [6.07, 6.45) is 0. The van der Waals surface area contributed by atoms with Crippen LogP contribution in [-0.2, 0) is 30.7 Å². The third-order valence-electron chi connectivity index (χ3n) is 4.59. The molecule has 2 rings (SSSR count). The maximum Gasteiger partial charge on any atom is 0.360 e. The molecule has 0 fully saturated rings. The second kappa shape index (κ2) is 11.5. The maximum absolute atomic E-state index is 12.1. The van der Waals surface area contributed by atoms with Gasteiger partial charge in [0.1, 0.15) is 20.8 Å². The lowest BCUT2D eigenvalue weighted by Crippen LogP contribution is -2.20. The lowest BCUT2D eigenvalue weighted by molar-refractivity contribution is -0.132.